The first-order valence-corrected chi connectivity index (χ1v) is 11.2. The molecule has 0 saturated carbocycles. The molecule has 0 aliphatic carbocycles. The van der Waals surface area contributed by atoms with Crippen molar-refractivity contribution in [3.8, 4) is 11.5 Å². The van der Waals surface area contributed by atoms with Crippen LogP contribution in [0.2, 0.25) is 0 Å². The van der Waals surface area contributed by atoms with Gasteiger partial charge in [-0.15, -0.1) is 11.3 Å². The summed E-state index contributed by atoms with van der Waals surface area (Å²) in [6.45, 7) is 3.99. The second-order valence-corrected chi connectivity index (χ2v) is 8.74. The number of esters is 1. The van der Waals surface area contributed by atoms with Crippen LogP contribution in [0.3, 0.4) is 0 Å². The maximum Gasteiger partial charge on any atom is 0.338 e. The van der Waals surface area contributed by atoms with Crippen LogP contribution in [-0.4, -0.2) is 29.4 Å². The normalized spacial score (nSPS) is 16.1. The van der Waals surface area contributed by atoms with E-state index in [-0.39, 0.29) is 11.3 Å². The maximum absolute atomic E-state index is 13.4. The van der Waals surface area contributed by atoms with Crippen molar-refractivity contribution in [3.63, 3.8) is 0 Å². The largest absolute Gasteiger partial charge is 0.504 e. The molecule has 0 amide bonds. The lowest BCUT2D eigenvalue weighted by molar-refractivity contribution is -0.136. The molecule has 1 aliphatic heterocycles. The molecule has 0 radical (unpaired) electrons. The number of nitrogens with zero attached hydrogens (tertiary/aromatic N) is 2. The Morgan fingerprint density at radius 1 is 1.35 bits per heavy atom. The van der Waals surface area contributed by atoms with Gasteiger partial charge >= 0.3 is 5.97 Å². The fraction of sp³-hybridized carbons (Fsp3) is 0.227. The summed E-state index contributed by atoms with van der Waals surface area (Å²) < 4.78 is 12.4. The lowest BCUT2D eigenvalue weighted by Crippen LogP contribution is -2.39. The Morgan fingerprint density at radius 3 is 2.84 bits per heavy atom. The minimum absolute atomic E-state index is 0.0384. The molecule has 0 spiro atoms. The first-order chi connectivity index (χ1) is 14.9. The smallest absolute Gasteiger partial charge is 0.338 e. The highest BCUT2D eigenvalue weighted by atomic mass is 32.1. The third kappa shape index (κ3) is 3.82. The van der Waals surface area contributed by atoms with E-state index in [1.165, 1.54) is 35.8 Å². The van der Waals surface area contributed by atoms with Gasteiger partial charge in [0, 0.05) is 4.88 Å². The minimum Gasteiger partial charge on any atom is -0.504 e. The number of carbonyl (C=O) groups is 1. The van der Waals surface area contributed by atoms with E-state index in [9.17, 15) is 14.7 Å². The second kappa shape index (κ2) is 8.52. The van der Waals surface area contributed by atoms with Crippen LogP contribution in [-0.2, 0) is 9.53 Å². The van der Waals surface area contributed by atoms with Gasteiger partial charge in [0.1, 0.15) is 6.04 Å². The average Bonchev–Trinajstić information content (AvgIpc) is 3.38. The number of thiazole rings is 1. The summed E-state index contributed by atoms with van der Waals surface area (Å²) in [5, 5.41) is 11.8. The van der Waals surface area contributed by atoms with Crippen LogP contribution in [0.25, 0.3) is 6.08 Å². The molecule has 1 atom stereocenters. The predicted octanol–water partition coefficient (Wildman–Crippen LogP) is 2.57. The summed E-state index contributed by atoms with van der Waals surface area (Å²) in [6, 6.07) is 8.09. The molecular weight excluding hydrogens is 436 g/mol. The molecule has 1 unspecified atom stereocenters. The van der Waals surface area contributed by atoms with Crippen LogP contribution >= 0.6 is 22.7 Å². The van der Waals surface area contributed by atoms with Crippen molar-refractivity contribution in [2.45, 2.75) is 19.9 Å². The summed E-state index contributed by atoms with van der Waals surface area (Å²) in [5.41, 5.74) is 1.35. The Hall–Kier alpha value is -3.17. The zero-order valence-electron chi connectivity index (χ0n) is 17.1. The molecule has 1 aromatic carbocycles. The predicted molar refractivity (Wildman–Crippen MR) is 119 cm³/mol. The van der Waals surface area contributed by atoms with E-state index in [2.05, 4.69) is 4.99 Å². The molecule has 4 rings (SSSR count). The summed E-state index contributed by atoms with van der Waals surface area (Å²) in [4.78, 5) is 31.8. The van der Waals surface area contributed by atoms with E-state index in [0.29, 0.717) is 38.5 Å². The van der Waals surface area contributed by atoms with Crippen LogP contribution in [0.5, 0.6) is 11.5 Å². The monoisotopic (exact) mass is 456 g/mol. The summed E-state index contributed by atoms with van der Waals surface area (Å²) in [6.07, 6.45) is 1.73. The summed E-state index contributed by atoms with van der Waals surface area (Å²) >= 11 is 2.71. The number of thiophene rings is 1. The van der Waals surface area contributed by atoms with E-state index in [1.54, 1.807) is 29.7 Å². The number of methoxy groups -OCH3 is 1. The van der Waals surface area contributed by atoms with E-state index < -0.39 is 12.0 Å². The van der Waals surface area contributed by atoms with Crippen LogP contribution in [0.15, 0.2) is 56.8 Å². The number of aromatic hydroxyl groups is 1. The van der Waals surface area contributed by atoms with E-state index in [4.69, 9.17) is 9.47 Å². The lowest BCUT2D eigenvalue weighted by Gasteiger charge is -2.22. The van der Waals surface area contributed by atoms with Crippen molar-refractivity contribution in [2.24, 2.45) is 4.99 Å². The standard InChI is InChI=1S/C22H20N2O5S2/c1-4-29-15-10-13(7-8-14(15)25)11-17-20(26)24-19(16-6-5-9-30-16)18(21(27)28-3)12(2)23-22(24)31-17/h5-11,19,25H,4H2,1-3H3. The number of phenols is 1. The molecule has 0 saturated heterocycles. The molecule has 1 N–H and O–H groups in total. The fourth-order valence-electron chi connectivity index (χ4n) is 3.45. The fourth-order valence-corrected chi connectivity index (χ4v) is 5.32. The Labute approximate surface area is 185 Å². The third-order valence-corrected chi connectivity index (χ3v) is 6.73. The molecule has 3 aromatic rings. The van der Waals surface area contributed by atoms with Crippen molar-refractivity contribution in [2.75, 3.05) is 13.7 Å². The van der Waals surface area contributed by atoms with E-state index >= 15 is 0 Å². The van der Waals surface area contributed by atoms with Crippen molar-refractivity contribution in [3.05, 3.63) is 77.1 Å². The van der Waals surface area contributed by atoms with Gasteiger partial charge in [-0.3, -0.25) is 9.36 Å². The van der Waals surface area contributed by atoms with Gasteiger partial charge < -0.3 is 14.6 Å². The second-order valence-electron chi connectivity index (χ2n) is 6.75. The summed E-state index contributed by atoms with van der Waals surface area (Å²) in [7, 11) is 1.32. The molecule has 0 fully saturated rings. The van der Waals surface area contributed by atoms with Crippen LogP contribution < -0.4 is 19.6 Å². The number of fused-ring (bicyclic) bond motifs is 1. The molecule has 2 aromatic heterocycles. The topological polar surface area (TPSA) is 90.1 Å². The van der Waals surface area contributed by atoms with Crippen LogP contribution in [0.1, 0.15) is 30.3 Å². The van der Waals surface area contributed by atoms with Crippen LogP contribution in [0.4, 0.5) is 0 Å². The van der Waals surface area contributed by atoms with Gasteiger partial charge in [0.15, 0.2) is 16.3 Å². The Kier molecular flexibility index (Phi) is 5.79. The first kappa shape index (κ1) is 21.1. The number of ether oxygens (including phenoxy) is 2. The maximum atomic E-state index is 13.4. The van der Waals surface area contributed by atoms with Crippen molar-refractivity contribution in [1.82, 2.24) is 4.57 Å². The van der Waals surface area contributed by atoms with Crippen molar-refractivity contribution >= 4 is 34.7 Å². The van der Waals surface area contributed by atoms with Crippen LogP contribution in [0, 0.1) is 0 Å². The Morgan fingerprint density at radius 2 is 2.16 bits per heavy atom. The molecular formula is C22H20N2O5S2. The number of allylic oxidation sites excluding steroid dienone is 1. The van der Waals surface area contributed by atoms with E-state index in [0.717, 1.165) is 4.88 Å². The number of hydrogen-bond donors (Lipinski definition) is 1. The lowest BCUT2D eigenvalue weighted by atomic mass is 10.0. The van der Waals surface area contributed by atoms with E-state index in [1.807, 2.05) is 24.4 Å². The number of aromatic nitrogens is 1. The van der Waals surface area contributed by atoms with Gasteiger partial charge in [-0.25, -0.2) is 9.79 Å². The summed E-state index contributed by atoms with van der Waals surface area (Å²) in [5.74, 6) is -0.116. The number of rotatable bonds is 5. The number of hydrogen-bond acceptors (Lipinski definition) is 8. The highest BCUT2D eigenvalue weighted by molar-refractivity contribution is 7.10. The van der Waals surface area contributed by atoms with Gasteiger partial charge in [-0.2, -0.15) is 0 Å². The van der Waals surface area contributed by atoms with Crippen molar-refractivity contribution in [1.29, 1.82) is 0 Å². The van der Waals surface area contributed by atoms with Gasteiger partial charge in [0.25, 0.3) is 5.56 Å². The zero-order chi connectivity index (χ0) is 22.1. The van der Waals surface area contributed by atoms with Gasteiger partial charge in [-0.1, -0.05) is 23.5 Å². The molecule has 1 aliphatic rings. The molecule has 9 heteroatoms. The number of phenolic OH excluding ortho intramolecular Hbond substituents is 1. The highest BCUT2D eigenvalue weighted by Crippen LogP contribution is 2.33. The Balaban J connectivity index is 1.91. The van der Waals surface area contributed by atoms with Gasteiger partial charge in [0.2, 0.25) is 0 Å². The Bertz CT molecular complexity index is 1350. The third-order valence-electron chi connectivity index (χ3n) is 4.82. The number of carbonyl (C=O) groups excluding carboxylic acids is 1. The average molecular weight is 457 g/mol. The van der Waals surface area contributed by atoms with Crippen molar-refractivity contribution < 1.29 is 19.4 Å². The number of benzene rings is 1. The van der Waals surface area contributed by atoms with Gasteiger partial charge in [-0.05, 0) is 49.1 Å². The highest BCUT2D eigenvalue weighted by Gasteiger charge is 2.33. The van der Waals surface area contributed by atoms with Gasteiger partial charge in [0.05, 0.1) is 29.5 Å². The molecule has 160 valence electrons. The quantitative estimate of drug-likeness (QED) is 0.596. The minimum atomic E-state index is -0.593. The molecule has 0 bridgehead atoms. The molecule has 3 heterocycles. The zero-order valence-corrected chi connectivity index (χ0v) is 18.8. The SMILES string of the molecule is CCOc1cc(C=c2sc3n(c2=O)C(c2cccs2)C(C(=O)OC)=C(C)N=3)ccc1O. The first-order valence-electron chi connectivity index (χ1n) is 9.54. The molecule has 7 nitrogen and oxygen atoms in total. The molecule has 31 heavy (non-hydrogen) atoms.